The molecule has 0 saturated carbocycles. The quantitative estimate of drug-likeness (QED) is 0.365. The number of para-hydroxylation sites is 2. The van der Waals surface area contributed by atoms with E-state index in [2.05, 4.69) is 36.6 Å². The van der Waals surface area contributed by atoms with E-state index < -0.39 is 6.04 Å². The molecule has 5 nitrogen and oxygen atoms in total. The molecule has 1 amide bonds. The summed E-state index contributed by atoms with van der Waals surface area (Å²) < 4.78 is 0. The largest absolute Gasteiger partial charge is 0.357 e. The standard InChI is InChI=1S/C32H31Cl2N3O2/c1-32(2)16-26-30(28(38)17-32)31(23-12-11-21(33)15-24(23)34)37(27-10-6-5-9-25(27)36-26)18-29(39)35-22-13-19-7-3-4-8-20(19)14-22/h3-12,15,22,31,36H,13-14,16-18H2,1-2H3,(H,35,39). The highest BCUT2D eigenvalue weighted by Gasteiger charge is 2.42. The number of nitrogens with zero attached hydrogens (tertiary/aromatic N) is 1. The lowest BCUT2D eigenvalue weighted by Crippen LogP contribution is -2.45. The van der Waals surface area contributed by atoms with Gasteiger partial charge in [0, 0.05) is 33.8 Å². The molecule has 7 heteroatoms. The second-order valence-corrected chi connectivity index (χ2v) is 12.5. The van der Waals surface area contributed by atoms with Gasteiger partial charge in [0.15, 0.2) is 5.78 Å². The highest BCUT2D eigenvalue weighted by atomic mass is 35.5. The first kappa shape index (κ1) is 26.0. The number of hydrogen-bond donors (Lipinski definition) is 2. The van der Waals surface area contributed by atoms with Crippen molar-refractivity contribution in [2.24, 2.45) is 5.41 Å². The number of halogens is 2. The van der Waals surface area contributed by atoms with Crippen LogP contribution < -0.4 is 15.5 Å². The van der Waals surface area contributed by atoms with Crippen LogP contribution in [0.4, 0.5) is 11.4 Å². The fourth-order valence-electron chi connectivity index (χ4n) is 6.36. The lowest BCUT2D eigenvalue weighted by molar-refractivity contribution is -0.121. The molecule has 2 N–H and O–H groups in total. The van der Waals surface area contributed by atoms with Crippen molar-refractivity contribution in [1.29, 1.82) is 0 Å². The maximum Gasteiger partial charge on any atom is 0.239 e. The van der Waals surface area contributed by atoms with Crippen molar-refractivity contribution in [2.75, 3.05) is 16.8 Å². The summed E-state index contributed by atoms with van der Waals surface area (Å²) in [5, 5.41) is 7.83. The molecule has 1 aliphatic heterocycles. The Kier molecular flexibility index (Phi) is 6.68. The summed E-state index contributed by atoms with van der Waals surface area (Å²) in [4.78, 5) is 29.5. The van der Waals surface area contributed by atoms with E-state index in [0.29, 0.717) is 28.5 Å². The fourth-order valence-corrected chi connectivity index (χ4v) is 6.87. The minimum atomic E-state index is -0.545. The number of Topliss-reactive ketones (excluding diaryl/α,β-unsaturated/α-hetero) is 1. The second kappa shape index (κ2) is 10.0. The zero-order valence-electron chi connectivity index (χ0n) is 22.1. The average molecular weight is 561 g/mol. The Morgan fingerprint density at radius 3 is 2.41 bits per heavy atom. The van der Waals surface area contributed by atoms with Crippen molar-refractivity contribution in [3.05, 3.63) is 105 Å². The van der Waals surface area contributed by atoms with Crippen LogP contribution in [-0.4, -0.2) is 24.3 Å². The number of fused-ring (bicyclic) bond motifs is 2. The van der Waals surface area contributed by atoms with E-state index in [1.807, 2.05) is 47.4 Å². The highest BCUT2D eigenvalue weighted by Crippen LogP contribution is 2.49. The van der Waals surface area contributed by atoms with E-state index in [9.17, 15) is 9.59 Å². The molecule has 0 aromatic heterocycles. The van der Waals surface area contributed by atoms with Crippen molar-refractivity contribution < 1.29 is 9.59 Å². The van der Waals surface area contributed by atoms with Gasteiger partial charge in [-0.1, -0.05) is 79.5 Å². The van der Waals surface area contributed by atoms with Gasteiger partial charge >= 0.3 is 0 Å². The van der Waals surface area contributed by atoms with Crippen LogP contribution in [0.25, 0.3) is 0 Å². The van der Waals surface area contributed by atoms with E-state index >= 15 is 0 Å². The van der Waals surface area contributed by atoms with Crippen LogP contribution in [0.5, 0.6) is 0 Å². The monoisotopic (exact) mass is 559 g/mol. The Morgan fingerprint density at radius 2 is 1.69 bits per heavy atom. The number of ketones is 1. The van der Waals surface area contributed by atoms with Crippen LogP contribution in [0.3, 0.4) is 0 Å². The number of hydrogen-bond acceptors (Lipinski definition) is 4. The number of benzene rings is 3. The maximum atomic E-state index is 13.9. The molecule has 0 radical (unpaired) electrons. The van der Waals surface area contributed by atoms with Gasteiger partial charge in [-0.15, -0.1) is 0 Å². The first-order valence-corrected chi connectivity index (χ1v) is 14.1. The Morgan fingerprint density at radius 1 is 1.00 bits per heavy atom. The first-order chi connectivity index (χ1) is 18.7. The number of nitrogens with one attached hydrogen (secondary N) is 2. The average Bonchev–Trinajstić information content (AvgIpc) is 3.22. The van der Waals surface area contributed by atoms with E-state index in [1.165, 1.54) is 11.1 Å². The summed E-state index contributed by atoms with van der Waals surface area (Å²) in [6.07, 6.45) is 2.77. The Labute approximate surface area is 239 Å². The normalized spacial score (nSPS) is 20.1. The predicted octanol–water partition coefficient (Wildman–Crippen LogP) is 6.89. The molecule has 1 unspecified atom stereocenters. The molecule has 1 atom stereocenters. The minimum absolute atomic E-state index is 0.0414. The molecule has 0 bridgehead atoms. The summed E-state index contributed by atoms with van der Waals surface area (Å²) in [7, 11) is 0. The van der Waals surface area contributed by atoms with Crippen LogP contribution in [0.15, 0.2) is 78.0 Å². The lowest BCUT2D eigenvalue weighted by atomic mass is 9.73. The van der Waals surface area contributed by atoms with Crippen molar-refractivity contribution >= 4 is 46.3 Å². The molecule has 39 heavy (non-hydrogen) atoms. The van der Waals surface area contributed by atoms with E-state index in [0.717, 1.165) is 35.5 Å². The van der Waals surface area contributed by atoms with Crippen LogP contribution >= 0.6 is 23.2 Å². The van der Waals surface area contributed by atoms with Gasteiger partial charge in [0.25, 0.3) is 0 Å². The van der Waals surface area contributed by atoms with Crippen molar-refractivity contribution in [3.8, 4) is 0 Å². The summed E-state index contributed by atoms with van der Waals surface area (Å²) >= 11 is 13.1. The number of anilines is 2. The van der Waals surface area contributed by atoms with Crippen LogP contribution in [0, 0.1) is 5.41 Å². The highest BCUT2D eigenvalue weighted by molar-refractivity contribution is 6.35. The minimum Gasteiger partial charge on any atom is -0.357 e. The third-order valence-corrected chi connectivity index (χ3v) is 8.55. The number of carbonyl (C=O) groups is 2. The summed E-state index contributed by atoms with van der Waals surface area (Å²) in [5.41, 5.74) is 6.38. The Balaban J connectivity index is 1.42. The molecular formula is C32H31Cl2N3O2. The SMILES string of the molecule is CC1(C)CC(=O)C2=C(C1)Nc1ccccc1N(CC(=O)NC1Cc3ccccc3C1)C2c1ccc(Cl)cc1Cl. The topological polar surface area (TPSA) is 61.4 Å². The second-order valence-electron chi connectivity index (χ2n) is 11.6. The van der Waals surface area contributed by atoms with Gasteiger partial charge in [-0.25, -0.2) is 0 Å². The van der Waals surface area contributed by atoms with Gasteiger partial charge in [-0.2, -0.15) is 0 Å². The number of allylic oxidation sites excluding steroid dienone is 1. The molecule has 200 valence electrons. The third kappa shape index (κ3) is 5.06. The Bertz CT molecular complexity index is 1490. The molecular weight excluding hydrogens is 529 g/mol. The van der Waals surface area contributed by atoms with Crippen molar-refractivity contribution in [2.45, 2.75) is 51.6 Å². The summed E-state index contributed by atoms with van der Waals surface area (Å²) in [6, 6.07) is 21.1. The van der Waals surface area contributed by atoms with E-state index in [-0.39, 0.29) is 29.7 Å². The lowest BCUT2D eigenvalue weighted by Gasteiger charge is -2.38. The molecule has 3 aromatic rings. The van der Waals surface area contributed by atoms with Gasteiger partial charge < -0.3 is 15.5 Å². The van der Waals surface area contributed by atoms with Gasteiger partial charge in [0.2, 0.25) is 5.91 Å². The molecule has 3 aromatic carbocycles. The fraction of sp³-hybridized carbons (Fsp3) is 0.312. The number of amides is 1. The number of carbonyl (C=O) groups excluding carboxylic acids is 2. The summed E-state index contributed by atoms with van der Waals surface area (Å²) in [6.45, 7) is 4.30. The smallest absolute Gasteiger partial charge is 0.239 e. The first-order valence-electron chi connectivity index (χ1n) is 13.4. The number of rotatable bonds is 4. The molecule has 3 aliphatic rings. The molecule has 2 aliphatic carbocycles. The Hall–Kier alpha value is -3.28. The predicted molar refractivity (Wildman–Crippen MR) is 157 cm³/mol. The molecule has 0 spiro atoms. The zero-order chi connectivity index (χ0) is 27.3. The molecule has 0 fully saturated rings. The van der Waals surface area contributed by atoms with Crippen molar-refractivity contribution in [3.63, 3.8) is 0 Å². The van der Waals surface area contributed by atoms with E-state index in [1.54, 1.807) is 12.1 Å². The van der Waals surface area contributed by atoms with Crippen molar-refractivity contribution in [1.82, 2.24) is 5.32 Å². The van der Waals surface area contributed by atoms with Gasteiger partial charge in [-0.3, -0.25) is 9.59 Å². The summed E-state index contributed by atoms with van der Waals surface area (Å²) in [5.74, 6) is -0.0282. The molecule has 1 heterocycles. The molecule has 0 saturated heterocycles. The van der Waals surface area contributed by atoms with Gasteiger partial charge in [0.1, 0.15) is 0 Å². The maximum absolute atomic E-state index is 13.9. The van der Waals surface area contributed by atoms with Crippen LogP contribution in [0.1, 0.15) is 49.4 Å². The van der Waals surface area contributed by atoms with Crippen LogP contribution in [0.2, 0.25) is 10.0 Å². The van der Waals surface area contributed by atoms with Gasteiger partial charge in [0.05, 0.1) is 24.0 Å². The molecule has 6 rings (SSSR count). The van der Waals surface area contributed by atoms with Crippen LogP contribution in [-0.2, 0) is 22.4 Å². The zero-order valence-corrected chi connectivity index (χ0v) is 23.6. The third-order valence-electron chi connectivity index (χ3n) is 7.99. The van der Waals surface area contributed by atoms with Gasteiger partial charge in [-0.05, 0) is 65.6 Å². The van der Waals surface area contributed by atoms with E-state index in [4.69, 9.17) is 23.2 Å².